The van der Waals surface area contributed by atoms with Gasteiger partial charge in [0.1, 0.15) is 22.8 Å². The zero-order valence-corrected chi connectivity index (χ0v) is 19.5. The van der Waals surface area contributed by atoms with Gasteiger partial charge >= 0.3 is 0 Å². The molecule has 1 aromatic carbocycles. The topological polar surface area (TPSA) is 187 Å². The highest BCUT2D eigenvalue weighted by Gasteiger charge is 2.64. The highest BCUT2D eigenvalue weighted by atomic mass is 16.3. The van der Waals surface area contributed by atoms with Crippen LogP contribution in [0.3, 0.4) is 0 Å². The van der Waals surface area contributed by atoms with E-state index in [4.69, 9.17) is 5.73 Å². The van der Waals surface area contributed by atoms with E-state index in [1.807, 2.05) is 0 Å². The molecule has 6 N–H and O–H groups in total. The third kappa shape index (κ3) is 3.02. The first-order valence-corrected chi connectivity index (χ1v) is 11.3. The van der Waals surface area contributed by atoms with Crippen molar-refractivity contribution in [1.29, 1.82) is 0 Å². The van der Waals surface area contributed by atoms with Crippen molar-refractivity contribution >= 4 is 23.2 Å². The number of carbonyl (C=O) groups excluding carboxylic acids is 3. The maximum absolute atomic E-state index is 13.8. The van der Waals surface area contributed by atoms with Gasteiger partial charge in [-0.1, -0.05) is 0 Å². The van der Waals surface area contributed by atoms with Crippen LogP contribution in [0.2, 0.25) is 0 Å². The van der Waals surface area contributed by atoms with Crippen molar-refractivity contribution in [1.82, 2.24) is 14.9 Å². The van der Waals surface area contributed by atoms with Crippen LogP contribution in [0, 0.1) is 11.8 Å². The number of aliphatic hydroxyl groups excluding tert-OH is 2. The number of ketones is 2. The van der Waals surface area contributed by atoms with Gasteiger partial charge in [-0.05, 0) is 50.6 Å². The molecule has 1 fully saturated rings. The molecule has 11 nitrogen and oxygen atoms in total. The van der Waals surface area contributed by atoms with Gasteiger partial charge in [-0.2, -0.15) is 0 Å². The van der Waals surface area contributed by atoms with E-state index < -0.39 is 58.0 Å². The minimum atomic E-state index is -2.66. The van der Waals surface area contributed by atoms with Crippen LogP contribution in [0.25, 0.3) is 17.0 Å². The van der Waals surface area contributed by atoms with Crippen LogP contribution in [0.1, 0.15) is 17.5 Å². The number of benzene rings is 1. The molecule has 3 aliphatic carbocycles. The fourth-order valence-electron chi connectivity index (χ4n) is 5.92. The molecule has 0 spiro atoms. The van der Waals surface area contributed by atoms with E-state index >= 15 is 0 Å². The van der Waals surface area contributed by atoms with Gasteiger partial charge in [-0.3, -0.25) is 29.3 Å². The summed E-state index contributed by atoms with van der Waals surface area (Å²) in [5.41, 5.74) is 3.25. The number of primary amides is 1. The van der Waals surface area contributed by atoms with Gasteiger partial charge in [0.05, 0.1) is 23.5 Å². The Bertz CT molecular complexity index is 1400. The summed E-state index contributed by atoms with van der Waals surface area (Å²) in [6, 6.07) is 1.86. The molecular formula is C25H24N4O7. The normalized spacial score (nSPS) is 27.6. The first-order chi connectivity index (χ1) is 17.0. The molecule has 5 rings (SSSR count). The van der Waals surface area contributed by atoms with Crippen LogP contribution in [0.15, 0.2) is 47.6 Å². The average Bonchev–Trinajstić information content (AvgIpc) is 2.81. The van der Waals surface area contributed by atoms with Crippen LogP contribution in [0.5, 0.6) is 5.75 Å². The molecule has 4 atom stereocenters. The van der Waals surface area contributed by atoms with E-state index in [1.165, 1.54) is 29.6 Å². The fraction of sp³-hybridized carbons (Fsp3) is 0.320. The summed E-state index contributed by atoms with van der Waals surface area (Å²) < 4.78 is 0. The second kappa shape index (κ2) is 7.97. The zero-order chi connectivity index (χ0) is 26.1. The summed E-state index contributed by atoms with van der Waals surface area (Å²) >= 11 is 0. The standard InChI is InChI=1S/C25H24N4O7/c1-29(2)19-13-8-10-7-12-11(14-9-27-5-6-28-14)3-4-15(30)17(12)20(31)16(10)22(33)25(13,36)23(34)18(21(19)32)24(26)35/h3-6,9-10,13,19,30-31,34,36H,7-8H2,1-2H3,(H2,26,35)/t10-,13-,19?,25-/m0/s1. The maximum Gasteiger partial charge on any atom is 0.255 e. The molecule has 1 aromatic heterocycles. The predicted molar refractivity (Wildman–Crippen MR) is 125 cm³/mol. The Balaban J connectivity index is 1.75. The molecule has 36 heavy (non-hydrogen) atoms. The minimum absolute atomic E-state index is 0.00874. The van der Waals surface area contributed by atoms with Crippen molar-refractivity contribution in [3.8, 4) is 17.0 Å². The number of amides is 1. The van der Waals surface area contributed by atoms with Crippen LogP contribution in [0.4, 0.5) is 0 Å². The number of carbonyl (C=O) groups is 3. The number of rotatable bonds is 3. The molecule has 0 saturated heterocycles. The molecule has 1 saturated carbocycles. The Kier molecular flexibility index (Phi) is 5.23. The minimum Gasteiger partial charge on any atom is -0.508 e. The summed E-state index contributed by atoms with van der Waals surface area (Å²) in [5.74, 6) is -6.86. The number of nitrogens with zero attached hydrogens (tertiary/aromatic N) is 3. The first-order valence-electron chi connectivity index (χ1n) is 11.3. The Labute approximate surface area is 205 Å². The van der Waals surface area contributed by atoms with E-state index in [0.29, 0.717) is 16.8 Å². The number of phenols is 1. The lowest BCUT2D eigenvalue weighted by atomic mass is 9.57. The first kappa shape index (κ1) is 23.6. The van der Waals surface area contributed by atoms with Crippen LogP contribution in [-0.4, -0.2) is 78.5 Å². The summed E-state index contributed by atoms with van der Waals surface area (Å²) in [7, 11) is 3.11. The van der Waals surface area contributed by atoms with Gasteiger partial charge in [0.2, 0.25) is 5.78 Å². The van der Waals surface area contributed by atoms with Crippen molar-refractivity contribution in [2.24, 2.45) is 17.6 Å². The molecule has 1 heterocycles. The van der Waals surface area contributed by atoms with Crippen LogP contribution < -0.4 is 5.73 Å². The number of aliphatic hydroxyl groups is 3. The van der Waals surface area contributed by atoms with Crippen molar-refractivity contribution in [2.75, 3.05) is 14.1 Å². The number of nitrogens with two attached hydrogens (primary N) is 1. The largest absolute Gasteiger partial charge is 0.508 e. The smallest absolute Gasteiger partial charge is 0.255 e. The van der Waals surface area contributed by atoms with Crippen molar-refractivity contribution in [2.45, 2.75) is 24.5 Å². The van der Waals surface area contributed by atoms with E-state index in [-0.39, 0.29) is 29.7 Å². The number of aromatic nitrogens is 2. The fourth-order valence-corrected chi connectivity index (χ4v) is 5.92. The molecule has 3 aliphatic rings. The van der Waals surface area contributed by atoms with Gasteiger partial charge in [0, 0.05) is 29.4 Å². The molecule has 0 aliphatic heterocycles. The van der Waals surface area contributed by atoms with E-state index in [9.17, 15) is 34.8 Å². The Hall–Kier alpha value is -4.09. The quantitative estimate of drug-likeness (QED) is 0.376. The molecule has 11 heteroatoms. The van der Waals surface area contributed by atoms with Gasteiger partial charge in [0.15, 0.2) is 11.4 Å². The molecule has 1 amide bonds. The molecular weight excluding hydrogens is 468 g/mol. The second-order valence-electron chi connectivity index (χ2n) is 9.54. The van der Waals surface area contributed by atoms with Crippen molar-refractivity contribution in [3.05, 3.63) is 58.8 Å². The van der Waals surface area contributed by atoms with E-state index in [0.717, 1.165) is 0 Å². The molecule has 1 unspecified atom stereocenters. The molecule has 0 radical (unpaired) electrons. The molecule has 0 bridgehead atoms. The summed E-state index contributed by atoms with van der Waals surface area (Å²) in [6.07, 6.45) is 4.73. The Morgan fingerprint density at radius 2 is 1.89 bits per heavy atom. The van der Waals surface area contributed by atoms with Crippen LogP contribution >= 0.6 is 0 Å². The third-order valence-electron chi connectivity index (χ3n) is 7.44. The number of aromatic hydroxyl groups is 1. The predicted octanol–water partition coefficient (Wildman–Crippen LogP) is 0.421. The molecule has 2 aromatic rings. The summed E-state index contributed by atoms with van der Waals surface area (Å²) in [4.78, 5) is 48.8. The Morgan fingerprint density at radius 3 is 2.50 bits per heavy atom. The highest BCUT2D eigenvalue weighted by Crippen LogP contribution is 2.53. The lowest BCUT2D eigenvalue weighted by Gasteiger charge is -2.50. The average molecular weight is 492 g/mol. The van der Waals surface area contributed by atoms with E-state index in [2.05, 4.69) is 9.97 Å². The summed E-state index contributed by atoms with van der Waals surface area (Å²) in [5, 5.41) is 44.3. The number of hydrogen-bond acceptors (Lipinski definition) is 10. The molecule has 186 valence electrons. The number of fused-ring (bicyclic) bond motifs is 3. The van der Waals surface area contributed by atoms with Crippen LogP contribution in [-0.2, 0) is 20.8 Å². The number of Topliss-reactive ketones (excluding diaryl/α,β-unsaturated/α-hetero) is 2. The number of hydrogen-bond donors (Lipinski definition) is 5. The lowest BCUT2D eigenvalue weighted by Crippen LogP contribution is -2.65. The Morgan fingerprint density at radius 1 is 1.17 bits per heavy atom. The van der Waals surface area contributed by atoms with Crippen molar-refractivity contribution in [3.63, 3.8) is 0 Å². The SMILES string of the molecule is CN(C)C1C(=O)C(C(N)=O)=C(O)[C@@]2(O)C(=O)C3=C(O)c4c(O)ccc(-c5cnccn5)c4C[C@H]3C[C@@H]12. The second-order valence-corrected chi connectivity index (χ2v) is 9.54. The van der Waals surface area contributed by atoms with Gasteiger partial charge in [0.25, 0.3) is 5.91 Å². The number of likely N-dealkylation sites (N-methyl/N-ethyl adjacent to an activating group) is 1. The van der Waals surface area contributed by atoms with Gasteiger partial charge in [-0.25, -0.2) is 0 Å². The van der Waals surface area contributed by atoms with Gasteiger partial charge in [-0.15, -0.1) is 0 Å². The summed E-state index contributed by atoms with van der Waals surface area (Å²) in [6.45, 7) is 0. The third-order valence-corrected chi connectivity index (χ3v) is 7.44. The van der Waals surface area contributed by atoms with E-state index in [1.54, 1.807) is 20.2 Å². The van der Waals surface area contributed by atoms with Crippen molar-refractivity contribution < 1.29 is 34.8 Å². The zero-order valence-electron chi connectivity index (χ0n) is 19.5. The highest BCUT2D eigenvalue weighted by molar-refractivity contribution is 6.24. The number of phenolic OH excluding ortho intramolecular Hbond substituents is 1. The van der Waals surface area contributed by atoms with Gasteiger partial charge < -0.3 is 26.2 Å². The maximum atomic E-state index is 13.8. The monoisotopic (exact) mass is 492 g/mol. The lowest BCUT2D eigenvalue weighted by molar-refractivity contribution is -0.153.